The number of rotatable bonds is 5. The summed E-state index contributed by atoms with van der Waals surface area (Å²) in [4.78, 5) is 31.7. The van der Waals surface area contributed by atoms with Crippen LogP contribution in [-0.2, 0) is 0 Å². The number of pyridine rings is 1. The minimum Gasteiger partial charge on any atom is -0.309 e. The Bertz CT molecular complexity index is 3220. The Morgan fingerprint density at radius 1 is 0.446 bits per heavy atom. The smallest absolute Gasteiger partial charge is 0.163 e. The first-order valence-electron chi connectivity index (χ1n) is 18.3. The molecule has 0 unspecified atom stereocenters. The first kappa shape index (κ1) is 33.0. The van der Waals surface area contributed by atoms with Gasteiger partial charge in [-0.3, -0.25) is 4.98 Å². The van der Waals surface area contributed by atoms with Crippen molar-refractivity contribution in [2.24, 2.45) is 0 Å². The average Bonchev–Trinajstić information content (AvgIpc) is 3.72. The first-order valence-corrected chi connectivity index (χ1v) is 18.3. The predicted octanol–water partition coefficient (Wildman–Crippen LogP) is 9.75. The molecule has 0 radical (unpaired) electrons. The van der Waals surface area contributed by atoms with E-state index in [1.54, 1.807) is 12.4 Å². The van der Waals surface area contributed by atoms with E-state index in [-0.39, 0.29) is 0 Å². The molecule has 266 valence electrons. The van der Waals surface area contributed by atoms with E-state index in [1.807, 2.05) is 64.1 Å². The summed E-state index contributed by atoms with van der Waals surface area (Å²) in [5.41, 5.74) is 9.90. The van der Waals surface area contributed by atoms with E-state index in [2.05, 4.69) is 123 Å². The van der Waals surface area contributed by atoms with Crippen molar-refractivity contribution in [3.8, 4) is 51.3 Å². The van der Waals surface area contributed by atoms with Gasteiger partial charge in [-0.25, -0.2) is 29.9 Å². The number of aromatic nitrogens is 9. The predicted molar refractivity (Wildman–Crippen MR) is 220 cm³/mol. The molecule has 0 fully saturated rings. The van der Waals surface area contributed by atoms with Crippen LogP contribution in [0.1, 0.15) is 28.9 Å². The fourth-order valence-electron chi connectivity index (χ4n) is 8.03. The highest BCUT2D eigenvalue weighted by Crippen LogP contribution is 2.41. The van der Waals surface area contributed by atoms with Crippen molar-refractivity contribution in [2.75, 3.05) is 0 Å². The number of para-hydroxylation sites is 2. The third-order valence-corrected chi connectivity index (χ3v) is 10.3. The van der Waals surface area contributed by atoms with Crippen molar-refractivity contribution < 1.29 is 0 Å². The van der Waals surface area contributed by atoms with E-state index in [0.29, 0.717) is 40.5 Å². The average molecular weight is 725 g/mol. The minimum atomic E-state index is 0.534. The molecule has 0 aliphatic carbocycles. The molecule has 10 rings (SSSR count). The Labute approximate surface area is 321 Å². The van der Waals surface area contributed by atoms with Crippen LogP contribution in [0, 0.1) is 39.0 Å². The van der Waals surface area contributed by atoms with Crippen molar-refractivity contribution >= 4 is 43.6 Å². The van der Waals surface area contributed by atoms with E-state index >= 15 is 0 Å². The molecule has 0 saturated carbocycles. The Balaban J connectivity index is 1.25. The molecule has 0 bridgehead atoms. The lowest BCUT2D eigenvalue weighted by molar-refractivity contribution is 0.928. The van der Waals surface area contributed by atoms with Gasteiger partial charge in [-0.2, -0.15) is 5.26 Å². The second kappa shape index (κ2) is 12.7. The van der Waals surface area contributed by atoms with E-state index in [9.17, 15) is 5.26 Å². The number of nitrogens with zero attached hydrogens (tertiary/aromatic N) is 10. The number of nitriles is 1. The van der Waals surface area contributed by atoms with Gasteiger partial charge in [-0.1, -0.05) is 36.4 Å². The number of hydrogen-bond acceptors (Lipinski definition) is 8. The van der Waals surface area contributed by atoms with Gasteiger partial charge in [0.1, 0.15) is 29.4 Å². The van der Waals surface area contributed by atoms with Gasteiger partial charge in [0, 0.05) is 50.6 Å². The summed E-state index contributed by atoms with van der Waals surface area (Å²) in [6, 6.07) is 40.1. The summed E-state index contributed by atoms with van der Waals surface area (Å²) in [6.45, 7) is 7.53. The van der Waals surface area contributed by atoms with Crippen LogP contribution < -0.4 is 0 Å². The molecule has 0 spiro atoms. The molecular weight excluding hydrogens is 693 g/mol. The van der Waals surface area contributed by atoms with Gasteiger partial charge in [-0.15, -0.1) is 0 Å². The third-order valence-electron chi connectivity index (χ3n) is 10.3. The topological polar surface area (TPSA) is 124 Å². The molecule has 0 atom stereocenters. The zero-order valence-corrected chi connectivity index (χ0v) is 31.0. The standard InChI is InChI=1S/C46H32N10/c1-26-49-27(2)52-45(51-26)31-13-15-41-37(21-31)34-9-5-7-11-39(34)55(41)43-24-36(30-17-19-48-20-18-30)44(23-33(43)25-47)56-40-12-8-6-10-35(40)38-22-32(14-16-42(38)56)46-53-28(3)50-29(4)54-46/h5-24H,1-4H3. The summed E-state index contributed by atoms with van der Waals surface area (Å²) < 4.78 is 4.46. The molecule has 0 N–H and O–H groups in total. The highest BCUT2D eigenvalue weighted by molar-refractivity contribution is 6.12. The van der Waals surface area contributed by atoms with Crippen LogP contribution in [0.3, 0.4) is 0 Å². The van der Waals surface area contributed by atoms with E-state index in [0.717, 1.165) is 77.2 Å². The second-order valence-electron chi connectivity index (χ2n) is 13.9. The molecule has 0 amide bonds. The van der Waals surface area contributed by atoms with Gasteiger partial charge in [-0.05, 0) is 106 Å². The fourth-order valence-corrected chi connectivity index (χ4v) is 8.03. The van der Waals surface area contributed by atoms with Crippen molar-refractivity contribution in [3.63, 3.8) is 0 Å². The lowest BCUT2D eigenvalue weighted by Crippen LogP contribution is -2.04. The molecule has 10 heteroatoms. The van der Waals surface area contributed by atoms with Crippen LogP contribution in [0.15, 0.2) is 122 Å². The van der Waals surface area contributed by atoms with Crippen LogP contribution in [0.2, 0.25) is 0 Å². The fraction of sp³-hybridized carbons (Fsp3) is 0.0870. The third kappa shape index (κ3) is 5.28. The van der Waals surface area contributed by atoms with Gasteiger partial charge in [0.05, 0.1) is 39.0 Å². The summed E-state index contributed by atoms with van der Waals surface area (Å²) >= 11 is 0. The SMILES string of the molecule is Cc1nc(C)nc(-c2ccc3c(c2)c2ccccc2n3-c2cc(-c3ccncc3)c(-n3c4ccccc4c4cc(-c5nc(C)nc(C)n5)ccc43)cc2C#N)n1. The molecule has 10 nitrogen and oxygen atoms in total. The van der Waals surface area contributed by atoms with Gasteiger partial charge >= 0.3 is 0 Å². The molecule has 0 aliphatic rings. The monoisotopic (exact) mass is 724 g/mol. The zero-order valence-electron chi connectivity index (χ0n) is 31.0. The maximum absolute atomic E-state index is 11.0. The number of fused-ring (bicyclic) bond motifs is 6. The Kier molecular flexibility index (Phi) is 7.50. The second-order valence-corrected chi connectivity index (χ2v) is 13.9. The lowest BCUT2D eigenvalue weighted by Gasteiger charge is -2.19. The van der Waals surface area contributed by atoms with E-state index in [1.165, 1.54) is 0 Å². The van der Waals surface area contributed by atoms with Gasteiger partial charge in [0.25, 0.3) is 0 Å². The van der Waals surface area contributed by atoms with Crippen molar-refractivity contribution in [2.45, 2.75) is 27.7 Å². The summed E-state index contributed by atoms with van der Waals surface area (Å²) in [5.74, 6) is 3.98. The summed E-state index contributed by atoms with van der Waals surface area (Å²) in [5, 5.41) is 15.2. The molecular formula is C46H32N10. The molecule has 0 saturated heterocycles. The first-order chi connectivity index (χ1) is 27.3. The normalized spacial score (nSPS) is 11.6. The maximum Gasteiger partial charge on any atom is 0.163 e. The van der Waals surface area contributed by atoms with Crippen LogP contribution >= 0.6 is 0 Å². The minimum absolute atomic E-state index is 0.534. The Morgan fingerprint density at radius 3 is 1.41 bits per heavy atom. The molecule has 5 heterocycles. The number of benzene rings is 5. The molecule has 5 aromatic carbocycles. The zero-order chi connectivity index (χ0) is 38.1. The Morgan fingerprint density at radius 2 is 0.911 bits per heavy atom. The number of hydrogen-bond donors (Lipinski definition) is 0. The van der Waals surface area contributed by atoms with E-state index < -0.39 is 0 Å². The van der Waals surface area contributed by atoms with Crippen molar-refractivity contribution in [3.05, 3.63) is 150 Å². The highest BCUT2D eigenvalue weighted by atomic mass is 15.0. The molecule has 0 aliphatic heterocycles. The molecule has 5 aromatic heterocycles. The van der Waals surface area contributed by atoms with Crippen LogP contribution in [0.5, 0.6) is 0 Å². The molecule has 10 aromatic rings. The van der Waals surface area contributed by atoms with Crippen molar-refractivity contribution in [1.29, 1.82) is 5.26 Å². The van der Waals surface area contributed by atoms with Crippen molar-refractivity contribution in [1.82, 2.24) is 44.0 Å². The lowest BCUT2D eigenvalue weighted by atomic mass is 10.00. The largest absolute Gasteiger partial charge is 0.309 e. The summed E-state index contributed by atoms with van der Waals surface area (Å²) in [7, 11) is 0. The van der Waals surface area contributed by atoms with Gasteiger partial charge in [0.15, 0.2) is 11.6 Å². The van der Waals surface area contributed by atoms with E-state index in [4.69, 9.17) is 0 Å². The molecule has 56 heavy (non-hydrogen) atoms. The summed E-state index contributed by atoms with van der Waals surface area (Å²) in [6.07, 6.45) is 3.61. The van der Waals surface area contributed by atoms with Crippen LogP contribution in [0.4, 0.5) is 0 Å². The van der Waals surface area contributed by atoms with Crippen LogP contribution in [-0.4, -0.2) is 44.0 Å². The van der Waals surface area contributed by atoms with Gasteiger partial charge in [0.2, 0.25) is 0 Å². The quantitative estimate of drug-likeness (QED) is 0.172. The Hall–Kier alpha value is -7.64. The highest BCUT2D eigenvalue weighted by Gasteiger charge is 2.22. The maximum atomic E-state index is 11.0. The number of aryl methyl sites for hydroxylation is 4. The van der Waals surface area contributed by atoms with Gasteiger partial charge < -0.3 is 9.13 Å². The van der Waals surface area contributed by atoms with Crippen LogP contribution in [0.25, 0.3) is 88.9 Å².